The second kappa shape index (κ2) is 7.28. The first-order valence-electron chi connectivity index (χ1n) is 8.75. The Kier molecular flexibility index (Phi) is 4.82. The molecule has 10 heteroatoms. The smallest absolute Gasteiger partial charge is 0.312 e. The lowest BCUT2D eigenvalue weighted by molar-refractivity contribution is -0.386. The van der Waals surface area contributed by atoms with Crippen LogP contribution in [0.15, 0.2) is 41.3 Å². The highest BCUT2D eigenvalue weighted by molar-refractivity contribution is 7.89. The number of hydrogen-bond donors (Lipinski definition) is 0. The molecule has 2 aromatic carbocycles. The van der Waals surface area contributed by atoms with Crippen molar-refractivity contribution < 1.29 is 27.6 Å². The maximum atomic E-state index is 12.6. The maximum absolute atomic E-state index is 12.6. The van der Waals surface area contributed by atoms with Crippen molar-refractivity contribution in [3.8, 4) is 17.2 Å². The summed E-state index contributed by atoms with van der Waals surface area (Å²) in [6, 6.07) is 8.97. The number of rotatable bonds is 6. The fraction of sp³-hybridized carbons (Fsp3) is 0.333. The third-order valence-corrected chi connectivity index (χ3v) is 6.56. The fourth-order valence-electron chi connectivity index (χ4n) is 3.19. The van der Waals surface area contributed by atoms with Crippen LogP contribution in [-0.4, -0.2) is 37.5 Å². The van der Waals surface area contributed by atoms with Crippen LogP contribution in [0.3, 0.4) is 0 Å². The molecule has 0 aliphatic carbocycles. The minimum Gasteiger partial charge on any atom is -0.482 e. The van der Waals surface area contributed by atoms with Gasteiger partial charge < -0.3 is 14.2 Å². The van der Waals surface area contributed by atoms with Gasteiger partial charge in [0.1, 0.15) is 6.61 Å². The summed E-state index contributed by atoms with van der Waals surface area (Å²) in [7, 11) is -3.74. The van der Waals surface area contributed by atoms with Crippen LogP contribution in [0.25, 0.3) is 0 Å². The van der Waals surface area contributed by atoms with Crippen molar-refractivity contribution in [2.24, 2.45) is 0 Å². The number of fused-ring (bicyclic) bond motifs is 1. The summed E-state index contributed by atoms with van der Waals surface area (Å²) >= 11 is 0. The summed E-state index contributed by atoms with van der Waals surface area (Å²) < 4.78 is 42.8. The van der Waals surface area contributed by atoms with E-state index in [9.17, 15) is 18.5 Å². The first kappa shape index (κ1) is 18.5. The minimum atomic E-state index is -3.74. The SMILES string of the molecule is O=[N+]([O-])c1cc(S(=O)(=O)N2CCCC2)ccc1OCc1ccc2c(c1)OCO2. The highest BCUT2D eigenvalue weighted by atomic mass is 32.2. The average Bonchev–Trinajstić information content (AvgIpc) is 3.37. The van der Waals surface area contributed by atoms with Crippen LogP contribution in [0.4, 0.5) is 5.69 Å². The van der Waals surface area contributed by atoms with Gasteiger partial charge in [-0.15, -0.1) is 0 Å². The van der Waals surface area contributed by atoms with E-state index in [-0.39, 0.29) is 29.7 Å². The Morgan fingerprint density at radius 2 is 1.82 bits per heavy atom. The third-order valence-electron chi connectivity index (χ3n) is 4.66. The van der Waals surface area contributed by atoms with Gasteiger partial charge in [-0.3, -0.25) is 10.1 Å². The van der Waals surface area contributed by atoms with Gasteiger partial charge in [0.05, 0.1) is 9.82 Å². The van der Waals surface area contributed by atoms with E-state index in [2.05, 4.69) is 0 Å². The van der Waals surface area contributed by atoms with Crippen molar-refractivity contribution in [1.82, 2.24) is 4.31 Å². The molecule has 28 heavy (non-hydrogen) atoms. The number of nitro benzene ring substituents is 1. The molecule has 0 saturated carbocycles. The third kappa shape index (κ3) is 3.48. The molecule has 0 aromatic heterocycles. The van der Waals surface area contributed by atoms with Crippen LogP contribution >= 0.6 is 0 Å². The molecule has 1 fully saturated rings. The van der Waals surface area contributed by atoms with Crippen molar-refractivity contribution in [2.75, 3.05) is 19.9 Å². The minimum absolute atomic E-state index is 0.00281. The molecule has 2 aliphatic heterocycles. The van der Waals surface area contributed by atoms with Crippen LogP contribution in [0.1, 0.15) is 18.4 Å². The lowest BCUT2D eigenvalue weighted by Gasteiger charge is -2.16. The number of sulfonamides is 1. The van der Waals surface area contributed by atoms with Gasteiger partial charge in [0.2, 0.25) is 16.8 Å². The summed E-state index contributed by atoms with van der Waals surface area (Å²) in [6.07, 6.45) is 1.58. The Balaban J connectivity index is 1.56. The van der Waals surface area contributed by atoms with E-state index in [1.807, 2.05) is 0 Å². The number of ether oxygens (including phenoxy) is 3. The quantitative estimate of drug-likeness (QED) is 0.536. The van der Waals surface area contributed by atoms with Gasteiger partial charge in [0.15, 0.2) is 17.2 Å². The first-order chi connectivity index (χ1) is 13.4. The second-order valence-corrected chi connectivity index (χ2v) is 8.41. The zero-order valence-corrected chi connectivity index (χ0v) is 15.7. The zero-order valence-electron chi connectivity index (χ0n) is 14.9. The Morgan fingerprint density at radius 1 is 1.07 bits per heavy atom. The van der Waals surface area contributed by atoms with Gasteiger partial charge in [-0.2, -0.15) is 4.31 Å². The number of hydrogen-bond acceptors (Lipinski definition) is 7. The molecule has 1 saturated heterocycles. The van der Waals surface area contributed by atoms with Gasteiger partial charge in [-0.1, -0.05) is 6.07 Å². The highest BCUT2D eigenvalue weighted by Crippen LogP contribution is 2.35. The maximum Gasteiger partial charge on any atom is 0.312 e. The van der Waals surface area contributed by atoms with Crippen molar-refractivity contribution in [3.05, 3.63) is 52.1 Å². The summed E-state index contributed by atoms with van der Waals surface area (Å²) in [5, 5.41) is 11.5. The summed E-state index contributed by atoms with van der Waals surface area (Å²) in [6.45, 7) is 1.07. The standard InChI is InChI=1S/C18H18N2O7S/c21-20(22)15-10-14(28(23,24)19-7-1-2-8-19)4-6-16(15)25-11-13-3-5-17-18(9-13)27-12-26-17/h3-6,9-10H,1-2,7-8,11-12H2. The van der Waals surface area contributed by atoms with Crippen molar-refractivity contribution in [2.45, 2.75) is 24.3 Å². The van der Waals surface area contributed by atoms with Gasteiger partial charge >= 0.3 is 5.69 Å². The topological polar surface area (TPSA) is 108 Å². The lowest BCUT2D eigenvalue weighted by Crippen LogP contribution is -2.27. The van der Waals surface area contributed by atoms with Crippen LogP contribution in [0.5, 0.6) is 17.2 Å². The normalized spacial score (nSPS) is 16.3. The molecule has 0 atom stereocenters. The van der Waals surface area contributed by atoms with E-state index in [0.717, 1.165) is 24.5 Å². The van der Waals surface area contributed by atoms with Gasteiger partial charge in [-0.05, 0) is 42.7 Å². The number of benzene rings is 2. The number of nitrogens with zero attached hydrogens (tertiary/aromatic N) is 2. The molecule has 0 bridgehead atoms. The summed E-state index contributed by atoms with van der Waals surface area (Å²) in [5.74, 6) is 1.22. The van der Waals surface area contributed by atoms with Crippen molar-refractivity contribution in [1.29, 1.82) is 0 Å². The molecule has 4 rings (SSSR count). The average molecular weight is 406 g/mol. The van der Waals surface area contributed by atoms with Crippen molar-refractivity contribution >= 4 is 15.7 Å². The molecule has 0 amide bonds. The first-order valence-corrected chi connectivity index (χ1v) is 10.2. The van der Waals surface area contributed by atoms with Crippen molar-refractivity contribution in [3.63, 3.8) is 0 Å². The monoisotopic (exact) mass is 406 g/mol. The molecule has 0 radical (unpaired) electrons. The van der Waals surface area contributed by atoms with Crippen LogP contribution < -0.4 is 14.2 Å². The Morgan fingerprint density at radius 3 is 2.57 bits per heavy atom. The Labute approximate surface area is 161 Å². The van der Waals surface area contributed by atoms with E-state index < -0.39 is 14.9 Å². The fourth-order valence-corrected chi connectivity index (χ4v) is 4.73. The van der Waals surface area contributed by atoms with Crippen LogP contribution in [0.2, 0.25) is 0 Å². The molecule has 0 N–H and O–H groups in total. The molecular weight excluding hydrogens is 388 g/mol. The van der Waals surface area contributed by atoms with E-state index in [4.69, 9.17) is 14.2 Å². The zero-order chi connectivity index (χ0) is 19.7. The molecule has 0 spiro atoms. The molecular formula is C18H18N2O7S. The Bertz CT molecular complexity index is 1020. The van der Waals surface area contributed by atoms with E-state index in [1.165, 1.54) is 16.4 Å². The number of nitro groups is 1. The largest absolute Gasteiger partial charge is 0.482 e. The molecule has 2 heterocycles. The summed E-state index contributed by atoms with van der Waals surface area (Å²) in [4.78, 5) is 10.7. The molecule has 0 unspecified atom stereocenters. The molecule has 9 nitrogen and oxygen atoms in total. The van der Waals surface area contributed by atoms with Gasteiger partial charge in [-0.25, -0.2) is 8.42 Å². The summed E-state index contributed by atoms with van der Waals surface area (Å²) in [5.41, 5.74) is 0.355. The van der Waals surface area contributed by atoms with Gasteiger partial charge in [0, 0.05) is 19.2 Å². The Hall–Kier alpha value is -2.85. The van der Waals surface area contributed by atoms with Crippen LogP contribution in [0, 0.1) is 10.1 Å². The van der Waals surface area contributed by atoms with Crippen LogP contribution in [-0.2, 0) is 16.6 Å². The second-order valence-electron chi connectivity index (χ2n) is 6.47. The lowest BCUT2D eigenvalue weighted by atomic mass is 10.2. The predicted molar refractivity (Wildman–Crippen MR) is 98.0 cm³/mol. The molecule has 148 valence electrons. The predicted octanol–water partition coefficient (Wildman–Crippen LogP) is 2.69. The van der Waals surface area contributed by atoms with E-state index >= 15 is 0 Å². The van der Waals surface area contributed by atoms with E-state index in [0.29, 0.717) is 24.6 Å². The molecule has 2 aliphatic rings. The highest BCUT2D eigenvalue weighted by Gasteiger charge is 2.29. The van der Waals surface area contributed by atoms with E-state index in [1.54, 1.807) is 18.2 Å². The molecule has 2 aromatic rings. The van der Waals surface area contributed by atoms with Gasteiger partial charge in [0.25, 0.3) is 0 Å².